The van der Waals surface area contributed by atoms with Gasteiger partial charge in [0.25, 0.3) is 0 Å². The highest BCUT2D eigenvalue weighted by Gasteiger charge is 2.27. The average molecular weight is 382 g/mol. The van der Waals surface area contributed by atoms with Gasteiger partial charge in [0.2, 0.25) is 0 Å². The number of halogens is 5. The number of quaternary nitrogens is 1. The first-order chi connectivity index (χ1) is 12.8. The van der Waals surface area contributed by atoms with Crippen LogP contribution in [0.15, 0.2) is 35.8 Å². The minimum absolute atomic E-state index is 0.412. The SMILES string of the molecule is CC/C=C(\CC)[B-](c1ccccc1[NH+](C)C)c1c(F)c(F)c(F)c(F)c1F. The molecule has 1 nitrogen and oxygen atoms in total. The molecule has 27 heavy (non-hydrogen) atoms. The summed E-state index contributed by atoms with van der Waals surface area (Å²) in [5.41, 5.74) is 1.04. The number of nitrogens with one attached hydrogen (secondary N) is 1. The monoisotopic (exact) mass is 382 g/mol. The minimum Gasteiger partial charge on any atom is -0.310 e. The third-order valence-corrected chi connectivity index (χ3v) is 4.59. The van der Waals surface area contributed by atoms with Gasteiger partial charge >= 0.3 is 0 Å². The molecule has 145 valence electrons. The van der Waals surface area contributed by atoms with Crippen molar-refractivity contribution in [3.63, 3.8) is 0 Å². The lowest BCUT2D eigenvalue weighted by molar-refractivity contribution is -0.785. The fourth-order valence-corrected chi connectivity index (χ4v) is 3.35. The highest BCUT2D eigenvalue weighted by Crippen LogP contribution is 2.20. The lowest BCUT2D eigenvalue weighted by atomic mass is 9.35. The Bertz CT molecular complexity index is 835. The number of hydrogen-bond acceptors (Lipinski definition) is 0. The second kappa shape index (κ2) is 8.70. The van der Waals surface area contributed by atoms with E-state index in [0.29, 0.717) is 23.8 Å². The third-order valence-electron chi connectivity index (χ3n) is 4.59. The highest BCUT2D eigenvalue weighted by molar-refractivity contribution is 6.91. The number of hydrogen-bond donors (Lipinski definition) is 1. The molecule has 0 aliphatic carbocycles. The quantitative estimate of drug-likeness (QED) is 0.339. The Hall–Kier alpha value is -2.15. The molecule has 2 aromatic rings. The molecule has 0 atom stereocenters. The van der Waals surface area contributed by atoms with Gasteiger partial charge in [-0.25, -0.2) is 22.0 Å². The summed E-state index contributed by atoms with van der Waals surface area (Å²) in [6, 6.07) is 6.92. The van der Waals surface area contributed by atoms with Crippen LogP contribution in [-0.4, -0.2) is 20.8 Å². The van der Waals surface area contributed by atoms with Crippen molar-refractivity contribution in [2.45, 2.75) is 26.7 Å². The Morgan fingerprint density at radius 3 is 1.89 bits per heavy atom. The maximum absolute atomic E-state index is 14.7. The van der Waals surface area contributed by atoms with Crippen molar-refractivity contribution < 1.29 is 26.9 Å². The zero-order valence-electron chi connectivity index (χ0n) is 15.8. The molecule has 7 heteroatoms. The molecule has 1 N–H and O–H groups in total. The minimum atomic E-state index is -2.14. The Morgan fingerprint density at radius 1 is 0.889 bits per heavy atom. The van der Waals surface area contributed by atoms with Crippen LogP contribution in [0, 0.1) is 29.1 Å². The molecule has 0 spiro atoms. The van der Waals surface area contributed by atoms with Crippen LogP contribution < -0.4 is 15.8 Å². The normalized spacial score (nSPS) is 12.3. The largest absolute Gasteiger partial charge is 0.310 e. The van der Waals surface area contributed by atoms with Crippen molar-refractivity contribution in [1.29, 1.82) is 0 Å². The van der Waals surface area contributed by atoms with E-state index in [-0.39, 0.29) is 0 Å². The molecule has 2 rings (SSSR count). The molecule has 0 fully saturated rings. The van der Waals surface area contributed by atoms with Crippen molar-refractivity contribution in [3.8, 4) is 0 Å². The summed E-state index contributed by atoms with van der Waals surface area (Å²) in [4.78, 5) is 0.881. The van der Waals surface area contributed by atoms with E-state index < -0.39 is 41.3 Å². The summed E-state index contributed by atoms with van der Waals surface area (Å²) in [6.45, 7) is 2.59. The van der Waals surface area contributed by atoms with Crippen LogP contribution in [0.25, 0.3) is 0 Å². The molecule has 0 unspecified atom stereocenters. The Kier molecular flexibility index (Phi) is 6.81. The molecular formula is C20H22BF5N. The van der Waals surface area contributed by atoms with Gasteiger partial charge in [0.15, 0.2) is 17.5 Å². The molecule has 0 aromatic heterocycles. The maximum atomic E-state index is 14.7. The first-order valence-electron chi connectivity index (χ1n) is 8.85. The summed E-state index contributed by atoms with van der Waals surface area (Å²) < 4.78 is 70.7. The molecule has 1 radical (unpaired) electrons. The van der Waals surface area contributed by atoms with Crippen molar-refractivity contribution in [1.82, 2.24) is 0 Å². The third kappa shape index (κ3) is 3.93. The van der Waals surface area contributed by atoms with Crippen molar-refractivity contribution in [2.75, 3.05) is 14.1 Å². The van der Waals surface area contributed by atoms with Crippen LogP contribution in [-0.2, 0) is 0 Å². The predicted octanol–water partition coefficient (Wildman–Crippen LogP) is 3.05. The van der Waals surface area contributed by atoms with Gasteiger partial charge in [-0.05, 0) is 19.2 Å². The number of allylic oxidation sites excluding steroid dienone is 2. The Balaban J connectivity index is 2.92. The van der Waals surface area contributed by atoms with E-state index >= 15 is 0 Å². The summed E-state index contributed by atoms with van der Waals surface area (Å²) in [5.74, 6) is -9.55. The van der Waals surface area contributed by atoms with Crippen LogP contribution in [0.5, 0.6) is 0 Å². The van der Waals surface area contributed by atoms with E-state index in [1.165, 1.54) is 0 Å². The van der Waals surface area contributed by atoms with E-state index in [1.807, 2.05) is 21.0 Å². The predicted molar refractivity (Wildman–Crippen MR) is 98.8 cm³/mol. The van der Waals surface area contributed by atoms with Crippen molar-refractivity contribution in [3.05, 3.63) is 64.9 Å². The molecule has 0 heterocycles. The van der Waals surface area contributed by atoms with Gasteiger partial charge in [0, 0.05) is 0 Å². The molecule has 0 aliphatic rings. The van der Waals surface area contributed by atoms with E-state index in [2.05, 4.69) is 0 Å². The van der Waals surface area contributed by atoms with Gasteiger partial charge in [0.1, 0.15) is 11.6 Å². The molecule has 2 aromatic carbocycles. The first-order valence-corrected chi connectivity index (χ1v) is 8.85. The van der Waals surface area contributed by atoms with Crippen LogP contribution in [0.2, 0.25) is 0 Å². The van der Waals surface area contributed by atoms with Gasteiger partial charge in [-0.2, -0.15) is 10.9 Å². The molecule has 0 aliphatic heterocycles. The van der Waals surface area contributed by atoms with E-state index in [9.17, 15) is 22.0 Å². The average Bonchev–Trinajstić information content (AvgIpc) is 2.66. The first kappa shape index (κ1) is 21.2. The van der Waals surface area contributed by atoms with Crippen LogP contribution in [0.4, 0.5) is 27.6 Å². The number of benzene rings is 2. The summed E-state index contributed by atoms with van der Waals surface area (Å²) in [6.07, 6.45) is 2.77. The zero-order chi connectivity index (χ0) is 20.3. The molecule has 0 amide bonds. The lowest BCUT2D eigenvalue weighted by Gasteiger charge is -2.35. The molecule has 0 saturated carbocycles. The zero-order valence-corrected chi connectivity index (χ0v) is 15.8. The number of para-hydroxylation sites is 1. The van der Waals surface area contributed by atoms with Gasteiger partial charge in [-0.1, -0.05) is 38.5 Å². The topological polar surface area (TPSA) is 4.44 Å². The fourth-order valence-electron chi connectivity index (χ4n) is 3.35. The van der Waals surface area contributed by atoms with Crippen LogP contribution in [0.1, 0.15) is 26.7 Å². The van der Waals surface area contributed by atoms with E-state index in [0.717, 1.165) is 10.6 Å². The van der Waals surface area contributed by atoms with Gasteiger partial charge in [0.05, 0.1) is 19.8 Å². The van der Waals surface area contributed by atoms with Gasteiger partial charge in [-0.3, -0.25) is 5.47 Å². The fraction of sp³-hybridized carbons (Fsp3) is 0.300. The standard InChI is InChI=1S/C20H21BF5N/c1-5-9-12(6-2)21(13-10-7-8-11-14(13)27(3)4)15-16(22)18(24)20(26)19(25)17(15)23/h7-11H,5-6H2,1-4H3/q-1/p+1/b12-9+. The summed E-state index contributed by atoms with van der Waals surface area (Å²) >= 11 is 0. The Labute approximate surface area is 156 Å². The molecule has 0 saturated heterocycles. The van der Waals surface area contributed by atoms with Gasteiger partial charge < -0.3 is 4.90 Å². The van der Waals surface area contributed by atoms with Crippen LogP contribution >= 0.6 is 0 Å². The smallest absolute Gasteiger partial charge is 0.200 e. The van der Waals surface area contributed by atoms with Crippen molar-refractivity contribution in [2.24, 2.45) is 0 Å². The molecule has 0 bridgehead atoms. The second-order valence-electron chi connectivity index (χ2n) is 6.54. The lowest BCUT2D eigenvalue weighted by Crippen LogP contribution is -3.01. The second-order valence-corrected chi connectivity index (χ2v) is 6.54. The highest BCUT2D eigenvalue weighted by atomic mass is 19.2. The van der Waals surface area contributed by atoms with E-state index in [4.69, 9.17) is 0 Å². The van der Waals surface area contributed by atoms with E-state index in [1.54, 1.807) is 37.3 Å². The van der Waals surface area contributed by atoms with Crippen molar-refractivity contribution >= 4 is 23.3 Å². The summed E-state index contributed by atoms with van der Waals surface area (Å²) in [5, 5.41) is 0. The maximum Gasteiger partial charge on any atom is 0.200 e. The number of rotatable bonds is 6. The Morgan fingerprint density at radius 2 is 1.41 bits per heavy atom. The summed E-state index contributed by atoms with van der Waals surface area (Å²) in [7, 11) is 3.67. The molecular weight excluding hydrogens is 360 g/mol. The van der Waals surface area contributed by atoms with Crippen LogP contribution in [0.3, 0.4) is 0 Å². The van der Waals surface area contributed by atoms with Gasteiger partial charge in [-0.15, -0.1) is 6.08 Å².